The van der Waals surface area contributed by atoms with Crippen molar-refractivity contribution in [2.24, 2.45) is 5.41 Å². The first-order valence-corrected chi connectivity index (χ1v) is 9.62. The van der Waals surface area contributed by atoms with Crippen LogP contribution in [0.2, 0.25) is 0 Å². The van der Waals surface area contributed by atoms with Crippen LogP contribution in [0.1, 0.15) is 49.4 Å². The summed E-state index contributed by atoms with van der Waals surface area (Å²) in [5.74, 6) is 0.593. The number of hydrogen-bond donors (Lipinski definition) is 3. The number of ether oxygens (including phenoxy) is 1. The average Bonchev–Trinajstić information content (AvgIpc) is 2.66. The second kappa shape index (κ2) is 8.54. The number of hydrogen-bond acceptors (Lipinski definition) is 4. The van der Waals surface area contributed by atoms with Gasteiger partial charge in [0.1, 0.15) is 12.4 Å². The zero-order valence-electron chi connectivity index (χ0n) is 15.5. The molecular formula is C20H29N3O3. The van der Waals surface area contributed by atoms with E-state index in [4.69, 9.17) is 4.74 Å². The Labute approximate surface area is 155 Å². The third-order valence-corrected chi connectivity index (χ3v) is 5.41. The van der Waals surface area contributed by atoms with Crippen molar-refractivity contribution in [2.75, 3.05) is 26.2 Å². The van der Waals surface area contributed by atoms with Gasteiger partial charge >= 0.3 is 0 Å². The maximum atomic E-state index is 13.0. The van der Waals surface area contributed by atoms with Crippen LogP contribution in [0.4, 0.5) is 0 Å². The second-order valence-corrected chi connectivity index (χ2v) is 7.43. The minimum absolute atomic E-state index is 0.106. The standard InChI is InChI=1S/C20H29N3O3/c1-15-14-26-17-7-3-2-6-16(17)18(24)22-11-5-4-8-20(19(25)23-15)9-12-21-13-10-20/h2-3,6-7,15,21H,4-5,8-14H2,1H3,(H,22,24)(H,23,25)/t15-/m1/s1. The summed E-state index contributed by atoms with van der Waals surface area (Å²) >= 11 is 0. The number of nitrogens with one attached hydrogen (secondary N) is 3. The fraction of sp³-hybridized carbons (Fsp3) is 0.600. The predicted molar refractivity (Wildman–Crippen MR) is 100 cm³/mol. The van der Waals surface area contributed by atoms with Crippen molar-refractivity contribution in [1.82, 2.24) is 16.0 Å². The second-order valence-electron chi connectivity index (χ2n) is 7.43. The summed E-state index contributed by atoms with van der Waals surface area (Å²) in [5.41, 5.74) is 0.240. The summed E-state index contributed by atoms with van der Waals surface area (Å²) in [5, 5.41) is 9.47. The Balaban J connectivity index is 1.76. The fourth-order valence-electron chi connectivity index (χ4n) is 3.79. The molecule has 1 fully saturated rings. The monoisotopic (exact) mass is 359 g/mol. The molecule has 0 aliphatic carbocycles. The highest BCUT2D eigenvalue weighted by Crippen LogP contribution is 2.35. The van der Waals surface area contributed by atoms with Gasteiger partial charge in [-0.2, -0.15) is 0 Å². The molecule has 1 spiro atoms. The Hall–Kier alpha value is -2.08. The van der Waals surface area contributed by atoms with Crippen molar-refractivity contribution in [1.29, 1.82) is 0 Å². The molecule has 1 atom stereocenters. The van der Waals surface area contributed by atoms with Crippen LogP contribution in [0.15, 0.2) is 24.3 Å². The number of carbonyl (C=O) groups is 2. The molecule has 0 radical (unpaired) electrons. The third kappa shape index (κ3) is 4.36. The summed E-state index contributed by atoms with van der Waals surface area (Å²) < 4.78 is 5.85. The zero-order valence-corrected chi connectivity index (χ0v) is 15.5. The molecule has 0 saturated carbocycles. The van der Waals surface area contributed by atoms with Crippen LogP contribution in [0.5, 0.6) is 5.75 Å². The van der Waals surface area contributed by atoms with E-state index in [0.29, 0.717) is 24.5 Å². The van der Waals surface area contributed by atoms with E-state index >= 15 is 0 Å². The smallest absolute Gasteiger partial charge is 0.255 e. The quantitative estimate of drug-likeness (QED) is 0.661. The summed E-state index contributed by atoms with van der Waals surface area (Å²) in [7, 11) is 0. The SMILES string of the molecule is C[C@@H]1COc2ccccc2C(=O)NCCCCC2(CCNCC2)C(=O)N1. The highest BCUT2D eigenvalue weighted by atomic mass is 16.5. The number of rotatable bonds is 0. The molecule has 3 rings (SSSR count). The van der Waals surface area contributed by atoms with Crippen molar-refractivity contribution < 1.29 is 14.3 Å². The highest BCUT2D eigenvalue weighted by molar-refractivity contribution is 5.96. The maximum absolute atomic E-state index is 13.0. The first-order valence-electron chi connectivity index (χ1n) is 9.62. The maximum Gasteiger partial charge on any atom is 0.255 e. The van der Waals surface area contributed by atoms with Gasteiger partial charge in [0.05, 0.1) is 17.0 Å². The van der Waals surface area contributed by atoms with E-state index in [0.717, 1.165) is 45.2 Å². The molecule has 1 saturated heterocycles. The minimum Gasteiger partial charge on any atom is -0.491 e. The summed E-state index contributed by atoms with van der Waals surface area (Å²) in [6.45, 7) is 4.65. The van der Waals surface area contributed by atoms with E-state index in [2.05, 4.69) is 16.0 Å². The molecule has 1 aromatic rings. The van der Waals surface area contributed by atoms with Crippen LogP contribution in [-0.2, 0) is 4.79 Å². The Morgan fingerprint density at radius 3 is 2.62 bits per heavy atom. The molecule has 2 heterocycles. The molecule has 3 N–H and O–H groups in total. The molecule has 142 valence electrons. The van der Waals surface area contributed by atoms with Crippen LogP contribution < -0.4 is 20.7 Å². The molecule has 0 unspecified atom stereocenters. The van der Waals surface area contributed by atoms with Gasteiger partial charge in [0.25, 0.3) is 5.91 Å². The average molecular weight is 359 g/mol. The summed E-state index contributed by atoms with van der Waals surface area (Å²) in [6.07, 6.45) is 4.39. The van der Waals surface area contributed by atoms with Gasteiger partial charge in [-0.3, -0.25) is 9.59 Å². The normalized spacial score (nSPS) is 24.6. The van der Waals surface area contributed by atoms with Crippen LogP contribution in [0.3, 0.4) is 0 Å². The molecular weight excluding hydrogens is 330 g/mol. The van der Waals surface area contributed by atoms with Crippen molar-refractivity contribution in [2.45, 2.75) is 45.1 Å². The lowest BCUT2D eigenvalue weighted by molar-refractivity contribution is -0.134. The van der Waals surface area contributed by atoms with Gasteiger partial charge in [-0.1, -0.05) is 18.6 Å². The van der Waals surface area contributed by atoms with Crippen LogP contribution in [0, 0.1) is 5.41 Å². The predicted octanol–water partition coefficient (Wildman–Crippen LogP) is 1.85. The molecule has 2 aliphatic heterocycles. The fourth-order valence-corrected chi connectivity index (χ4v) is 3.79. The van der Waals surface area contributed by atoms with E-state index in [9.17, 15) is 9.59 Å². The minimum atomic E-state index is -0.300. The van der Waals surface area contributed by atoms with Crippen molar-refractivity contribution in [3.8, 4) is 5.75 Å². The highest BCUT2D eigenvalue weighted by Gasteiger charge is 2.39. The Bertz CT molecular complexity index is 641. The molecule has 1 aromatic carbocycles. The van der Waals surface area contributed by atoms with Crippen molar-refractivity contribution >= 4 is 11.8 Å². The Morgan fingerprint density at radius 2 is 1.81 bits per heavy atom. The molecule has 26 heavy (non-hydrogen) atoms. The summed E-state index contributed by atoms with van der Waals surface area (Å²) in [4.78, 5) is 25.4. The van der Waals surface area contributed by atoms with E-state index in [1.165, 1.54) is 0 Å². The molecule has 6 heteroatoms. The van der Waals surface area contributed by atoms with Gasteiger partial charge in [-0.15, -0.1) is 0 Å². The van der Waals surface area contributed by atoms with Crippen molar-refractivity contribution in [3.05, 3.63) is 29.8 Å². The zero-order chi connectivity index (χ0) is 18.4. The van der Waals surface area contributed by atoms with Gasteiger partial charge in [-0.05, 0) is 57.8 Å². The molecule has 2 amide bonds. The number of carbonyl (C=O) groups excluding carboxylic acids is 2. The van der Waals surface area contributed by atoms with E-state index < -0.39 is 0 Å². The molecule has 6 nitrogen and oxygen atoms in total. The largest absolute Gasteiger partial charge is 0.491 e. The lowest BCUT2D eigenvalue weighted by Gasteiger charge is -2.37. The molecule has 0 bridgehead atoms. The lowest BCUT2D eigenvalue weighted by Crippen LogP contribution is -2.51. The molecule has 2 aliphatic rings. The number of fused-ring (bicyclic) bond motifs is 1. The van der Waals surface area contributed by atoms with Gasteiger partial charge in [0.15, 0.2) is 0 Å². The van der Waals surface area contributed by atoms with Crippen LogP contribution >= 0.6 is 0 Å². The number of para-hydroxylation sites is 1. The van der Waals surface area contributed by atoms with Crippen LogP contribution in [-0.4, -0.2) is 44.1 Å². The van der Waals surface area contributed by atoms with E-state index in [-0.39, 0.29) is 23.3 Å². The Kier molecular flexibility index (Phi) is 6.14. The lowest BCUT2D eigenvalue weighted by atomic mass is 9.74. The van der Waals surface area contributed by atoms with Gasteiger partial charge in [0.2, 0.25) is 5.91 Å². The van der Waals surface area contributed by atoms with E-state index in [1.54, 1.807) is 12.1 Å². The van der Waals surface area contributed by atoms with Crippen LogP contribution in [0.25, 0.3) is 0 Å². The summed E-state index contributed by atoms with van der Waals surface area (Å²) in [6, 6.07) is 7.13. The molecule has 0 aromatic heterocycles. The van der Waals surface area contributed by atoms with Gasteiger partial charge in [0, 0.05) is 6.54 Å². The number of piperidine rings is 1. The number of benzene rings is 1. The van der Waals surface area contributed by atoms with Gasteiger partial charge < -0.3 is 20.7 Å². The topological polar surface area (TPSA) is 79.5 Å². The Morgan fingerprint density at radius 1 is 1.04 bits per heavy atom. The first kappa shape index (κ1) is 18.7. The number of amides is 2. The van der Waals surface area contributed by atoms with E-state index in [1.807, 2.05) is 19.1 Å². The first-order chi connectivity index (χ1) is 12.6. The third-order valence-electron chi connectivity index (χ3n) is 5.41. The van der Waals surface area contributed by atoms with Crippen molar-refractivity contribution in [3.63, 3.8) is 0 Å². The van der Waals surface area contributed by atoms with Gasteiger partial charge in [-0.25, -0.2) is 0 Å².